The molecule has 1 aromatic heterocycles. The topological polar surface area (TPSA) is 84.4 Å². The van der Waals surface area contributed by atoms with E-state index in [0.717, 1.165) is 6.42 Å². The van der Waals surface area contributed by atoms with Crippen molar-refractivity contribution < 1.29 is 14.3 Å². The maximum Gasteiger partial charge on any atom is 0.251 e. The molecule has 3 rings (SSSR count). The summed E-state index contributed by atoms with van der Waals surface area (Å²) in [6, 6.07) is 10.5. The minimum Gasteiger partial charge on any atom is -0.472 e. The fourth-order valence-electron chi connectivity index (χ4n) is 2.53. The molecule has 1 aliphatic heterocycles. The van der Waals surface area contributed by atoms with Crippen molar-refractivity contribution >= 4 is 11.8 Å². The largest absolute Gasteiger partial charge is 0.472 e. The number of nitrogens with one attached hydrogen (secondary N) is 1. The summed E-state index contributed by atoms with van der Waals surface area (Å²) in [5, 5.41) is 2.65. The van der Waals surface area contributed by atoms with Crippen molar-refractivity contribution in [1.82, 2.24) is 20.2 Å². The van der Waals surface area contributed by atoms with Crippen LogP contribution >= 0.6 is 0 Å². The Morgan fingerprint density at radius 2 is 2.08 bits per heavy atom. The van der Waals surface area contributed by atoms with Crippen LogP contribution in [0.15, 0.2) is 48.9 Å². The molecule has 7 heteroatoms. The zero-order chi connectivity index (χ0) is 16.8. The summed E-state index contributed by atoms with van der Waals surface area (Å²) in [5.41, 5.74) is 0.539. The van der Waals surface area contributed by atoms with Gasteiger partial charge in [0.05, 0.1) is 13.1 Å². The van der Waals surface area contributed by atoms with Crippen molar-refractivity contribution in [2.24, 2.45) is 0 Å². The van der Waals surface area contributed by atoms with Gasteiger partial charge in [-0.2, -0.15) is 0 Å². The number of ether oxygens (including phenoxy) is 1. The summed E-state index contributed by atoms with van der Waals surface area (Å²) in [4.78, 5) is 33.7. The van der Waals surface area contributed by atoms with E-state index in [2.05, 4.69) is 15.3 Å². The molecular formula is C17H18N4O3. The number of nitrogens with zero attached hydrogens (tertiary/aromatic N) is 3. The molecule has 1 aliphatic rings. The first-order valence-electron chi connectivity index (χ1n) is 7.76. The van der Waals surface area contributed by atoms with E-state index < -0.39 is 0 Å². The summed E-state index contributed by atoms with van der Waals surface area (Å²) in [5.74, 6) is 0.131. The molecule has 0 unspecified atom stereocenters. The van der Waals surface area contributed by atoms with Crippen molar-refractivity contribution in [2.75, 3.05) is 19.6 Å². The van der Waals surface area contributed by atoms with Crippen molar-refractivity contribution in [3.05, 3.63) is 54.5 Å². The number of likely N-dealkylation sites (tertiary alicyclic amines) is 1. The van der Waals surface area contributed by atoms with Crippen molar-refractivity contribution in [3.63, 3.8) is 0 Å². The summed E-state index contributed by atoms with van der Waals surface area (Å²) in [6.45, 7) is 1.08. The molecule has 24 heavy (non-hydrogen) atoms. The van der Waals surface area contributed by atoms with E-state index in [9.17, 15) is 9.59 Å². The Balaban J connectivity index is 1.45. The third-order valence-electron chi connectivity index (χ3n) is 3.78. The Labute approximate surface area is 139 Å². The molecule has 2 aromatic rings. The van der Waals surface area contributed by atoms with Crippen LogP contribution in [0, 0.1) is 0 Å². The number of hydrogen-bond donors (Lipinski definition) is 1. The quantitative estimate of drug-likeness (QED) is 0.882. The number of rotatable bonds is 5. The molecule has 0 aliphatic carbocycles. The zero-order valence-electron chi connectivity index (χ0n) is 13.1. The van der Waals surface area contributed by atoms with Gasteiger partial charge in [-0.05, 0) is 12.1 Å². The van der Waals surface area contributed by atoms with Gasteiger partial charge in [-0.25, -0.2) is 9.97 Å². The minimum atomic E-state index is -0.253. The van der Waals surface area contributed by atoms with Gasteiger partial charge in [0, 0.05) is 30.8 Å². The van der Waals surface area contributed by atoms with E-state index in [0.29, 0.717) is 24.5 Å². The van der Waals surface area contributed by atoms with Crippen LogP contribution in [-0.2, 0) is 4.79 Å². The number of carbonyl (C=O) groups is 2. The van der Waals surface area contributed by atoms with Gasteiger partial charge in [-0.3, -0.25) is 9.59 Å². The first-order chi connectivity index (χ1) is 11.7. The number of carbonyl (C=O) groups excluding carboxylic acids is 2. The van der Waals surface area contributed by atoms with Gasteiger partial charge in [0.1, 0.15) is 12.4 Å². The van der Waals surface area contributed by atoms with Crippen LogP contribution < -0.4 is 10.1 Å². The van der Waals surface area contributed by atoms with E-state index in [4.69, 9.17) is 4.74 Å². The average Bonchev–Trinajstić information content (AvgIpc) is 3.09. The summed E-state index contributed by atoms with van der Waals surface area (Å²) >= 11 is 0. The average molecular weight is 326 g/mol. The molecule has 0 bridgehead atoms. The van der Waals surface area contributed by atoms with E-state index in [1.165, 1.54) is 6.33 Å². The number of aromatic nitrogens is 2. The Kier molecular flexibility index (Phi) is 5.00. The highest BCUT2D eigenvalue weighted by Gasteiger charge is 2.27. The lowest BCUT2D eigenvalue weighted by atomic mass is 10.2. The van der Waals surface area contributed by atoms with Gasteiger partial charge >= 0.3 is 0 Å². The highest BCUT2D eigenvalue weighted by atomic mass is 16.5. The maximum absolute atomic E-state index is 12.2. The fraction of sp³-hybridized carbons (Fsp3) is 0.294. The smallest absolute Gasteiger partial charge is 0.251 e. The van der Waals surface area contributed by atoms with E-state index in [1.54, 1.807) is 41.4 Å². The third kappa shape index (κ3) is 4.07. The molecule has 1 atom stereocenters. The molecule has 124 valence electrons. The fourth-order valence-corrected chi connectivity index (χ4v) is 2.53. The van der Waals surface area contributed by atoms with Crippen LogP contribution in [0.5, 0.6) is 5.88 Å². The van der Waals surface area contributed by atoms with E-state index in [1.807, 2.05) is 6.07 Å². The summed E-state index contributed by atoms with van der Waals surface area (Å²) in [7, 11) is 0. The molecule has 0 spiro atoms. The molecular weight excluding hydrogens is 308 g/mol. The Hall–Kier alpha value is -2.96. The second-order valence-corrected chi connectivity index (χ2v) is 5.46. The van der Waals surface area contributed by atoms with Crippen molar-refractivity contribution in [1.29, 1.82) is 0 Å². The molecule has 7 nitrogen and oxygen atoms in total. The lowest BCUT2D eigenvalue weighted by Crippen LogP contribution is -2.39. The third-order valence-corrected chi connectivity index (χ3v) is 3.78. The Morgan fingerprint density at radius 3 is 2.83 bits per heavy atom. The predicted molar refractivity (Wildman–Crippen MR) is 86.4 cm³/mol. The first kappa shape index (κ1) is 15.9. The highest BCUT2D eigenvalue weighted by molar-refractivity contribution is 5.96. The lowest BCUT2D eigenvalue weighted by molar-refractivity contribution is -0.129. The molecule has 1 aromatic carbocycles. The summed E-state index contributed by atoms with van der Waals surface area (Å²) < 4.78 is 5.72. The molecule has 2 heterocycles. The second kappa shape index (κ2) is 7.54. The SMILES string of the molecule is O=C(NCC(=O)N1CC[C@@H](Oc2ccncn2)C1)c1ccccc1. The number of amides is 2. The highest BCUT2D eigenvalue weighted by Crippen LogP contribution is 2.15. The normalized spacial score (nSPS) is 16.7. The van der Waals surface area contributed by atoms with Crippen LogP contribution in [0.3, 0.4) is 0 Å². The van der Waals surface area contributed by atoms with Gasteiger partial charge in [0.25, 0.3) is 5.91 Å². The van der Waals surface area contributed by atoms with Crippen LogP contribution in [-0.4, -0.2) is 52.4 Å². The molecule has 0 radical (unpaired) electrons. The van der Waals surface area contributed by atoms with Gasteiger partial charge in [0.2, 0.25) is 11.8 Å². The lowest BCUT2D eigenvalue weighted by Gasteiger charge is -2.17. The monoisotopic (exact) mass is 326 g/mol. The van der Waals surface area contributed by atoms with Crippen LogP contribution in [0.25, 0.3) is 0 Å². The minimum absolute atomic E-state index is 0.0199. The van der Waals surface area contributed by atoms with Gasteiger partial charge in [-0.1, -0.05) is 18.2 Å². The second-order valence-electron chi connectivity index (χ2n) is 5.46. The Morgan fingerprint density at radius 1 is 1.25 bits per heavy atom. The van der Waals surface area contributed by atoms with E-state index in [-0.39, 0.29) is 24.5 Å². The van der Waals surface area contributed by atoms with Crippen molar-refractivity contribution in [3.8, 4) is 5.88 Å². The first-order valence-corrected chi connectivity index (χ1v) is 7.76. The van der Waals surface area contributed by atoms with Gasteiger partial charge < -0.3 is 15.0 Å². The van der Waals surface area contributed by atoms with E-state index >= 15 is 0 Å². The van der Waals surface area contributed by atoms with Gasteiger partial charge in [0.15, 0.2) is 0 Å². The number of benzene rings is 1. The molecule has 1 fully saturated rings. The van der Waals surface area contributed by atoms with Crippen molar-refractivity contribution in [2.45, 2.75) is 12.5 Å². The number of hydrogen-bond acceptors (Lipinski definition) is 5. The van der Waals surface area contributed by atoms with Crippen LogP contribution in [0.2, 0.25) is 0 Å². The zero-order valence-corrected chi connectivity index (χ0v) is 13.1. The molecule has 1 saturated heterocycles. The standard InChI is InChI=1S/C17H18N4O3/c22-16(10-19-17(23)13-4-2-1-3-5-13)21-9-7-14(11-21)24-15-6-8-18-12-20-15/h1-6,8,12,14H,7,9-11H2,(H,19,23)/t14-/m1/s1. The maximum atomic E-state index is 12.2. The van der Waals surface area contributed by atoms with Crippen LogP contribution in [0.4, 0.5) is 0 Å². The summed E-state index contributed by atoms with van der Waals surface area (Å²) in [6.07, 6.45) is 3.68. The van der Waals surface area contributed by atoms with Crippen LogP contribution in [0.1, 0.15) is 16.8 Å². The predicted octanol–water partition coefficient (Wildman–Crippen LogP) is 0.886. The molecule has 0 saturated carbocycles. The Bertz CT molecular complexity index is 693. The molecule has 1 N–H and O–H groups in total. The van der Waals surface area contributed by atoms with Gasteiger partial charge in [-0.15, -0.1) is 0 Å². The molecule has 2 amide bonds.